The Balaban J connectivity index is 1.47. The van der Waals surface area contributed by atoms with Gasteiger partial charge in [-0.3, -0.25) is 14.4 Å². The maximum atomic E-state index is 12.8. The van der Waals surface area contributed by atoms with E-state index < -0.39 is 0 Å². The molecule has 2 saturated heterocycles. The third-order valence-electron chi connectivity index (χ3n) is 5.51. The Morgan fingerprint density at radius 1 is 1.00 bits per heavy atom. The molecule has 2 aliphatic rings. The summed E-state index contributed by atoms with van der Waals surface area (Å²) >= 11 is 1.87. The first kappa shape index (κ1) is 20.5. The summed E-state index contributed by atoms with van der Waals surface area (Å²) in [6, 6.07) is 12.5. The lowest BCUT2D eigenvalue weighted by atomic mass is 10.1. The van der Waals surface area contributed by atoms with Crippen LogP contribution in [0, 0.1) is 6.92 Å². The van der Waals surface area contributed by atoms with Crippen LogP contribution >= 0.6 is 11.8 Å². The summed E-state index contributed by atoms with van der Waals surface area (Å²) in [4.78, 5) is 41.1. The van der Waals surface area contributed by atoms with Crippen LogP contribution in [-0.2, 0) is 4.79 Å². The minimum atomic E-state index is -0.237. The summed E-state index contributed by atoms with van der Waals surface area (Å²) in [5.74, 6) is 1.84. The molecule has 30 heavy (non-hydrogen) atoms. The van der Waals surface area contributed by atoms with Crippen LogP contribution in [0.2, 0.25) is 0 Å². The molecule has 0 saturated carbocycles. The predicted octanol–water partition coefficient (Wildman–Crippen LogP) is 3.56. The molecule has 3 amide bonds. The second-order valence-electron chi connectivity index (χ2n) is 7.59. The molecule has 156 valence electrons. The fraction of sp³-hybridized carbons (Fsp3) is 0.348. The summed E-state index contributed by atoms with van der Waals surface area (Å²) in [5.41, 5.74) is 3.41. The van der Waals surface area contributed by atoms with E-state index in [1.807, 2.05) is 35.7 Å². The maximum absolute atomic E-state index is 12.8. The Morgan fingerprint density at radius 2 is 1.80 bits per heavy atom. The first-order chi connectivity index (χ1) is 14.5. The number of nitrogens with zero attached hydrogens (tertiary/aromatic N) is 2. The number of carbonyl (C=O) groups excluding carboxylic acids is 3. The number of amides is 3. The molecule has 2 fully saturated rings. The van der Waals surface area contributed by atoms with E-state index in [1.54, 1.807) is 35.2 Å². The average Bonchev–Trinajstić information content (AvgIpc) is 3.21. The van der Waals surface area contributed by atoms with Gasteiger partial charge < -0.3 is 15.1 Å². The minimum absolute atomic E-state index is 0.0410. The van der Waals surface area contributed by atoms with Crippen LogP contribution in [-0.4, -0.2) is 53.8 Å². The number of thioether (sulfide) groups is 1. The normalized spacial score (nSPS) is 16.6. The van der Waals surface area contributed by atoms with Gasteiger partial charge in [-0.15, -0.1) is 0 Å². The van der Waals surface area contributed by atoms with E-state index in [9.17, 15) is 14.4 Å². The summed E-state index contributed by atoms with van der Waals surface area (Å²) in [7, 11) is 0. The first-order valence-corrected chi connectivity index (χ1v) is 11.4. The molecule has 7 heteroatoms. The summed E-state index contributed by atoms with van der Waals surface area (Å²) in [6.45, 7) is 4.12. The van der Waals surface area contributed by atoms with Crippen molar-refractivity contribution in [3.8, 4) is 0 Å². The summed E-state index contributed by atoms with van der Waals surface area (Å²) < 4.78 is 0. The average molecular weight is 424 g/mol. The van der Waals surface area contributed by atoms with Crippen molar-refractivity contribution in [3.05, 3.63) is 59.2 Å². The largest absolute Gasteiger partial charge is 0.337 e. The van der Waals surface area contributed by atoms with Crippen molar-refractivity contribution in [1.82, 2.24) is 4.90 Å². The molecule has 0 spiro atoms. The highest BCUT2D eigenvalue weighted by Crippen LogP contribution is 2.24. The number of nitrogens with one attached hydrogen (secondary N) is 1. The van der Waals surface area contributed by atoms with Gasteiger partial charge >= 0.3 is 0 Å². The van der Waals surface area contributed by atoms with E-state index in [2.05, 4.69) is 5.32 Å². The predicted molar refractivity (Wildman–Crippen MR) is 120 cm³/mol. The fourth-order valence-corrected chi connectivity index (χ4v) is 4.72. The molecule has 2 aromatic rings. The van der Waals surface area contributed by atoms with E-state index in [0.717, 1.165) is 42.3 Å². The van der Waals surface area contributed by atoms with Crippen LogP contribution < -0.4 is 10.2 Å². The zero-order valence-electron chi connectivity index (χ0n) is 17.0. The van der Waals surface area contributed by atoms with E-state index >= 15 is 0 Å². The Hall–Kier alpha value is -2.80. The van der Waals surface area contributed by atoms with Crippen molar-refractivity contribution in [2.45, 2.75) is 19.8 Å². The number of hydrogen-bond donors (Lipinski definition) is 1. The van der Waals surface area contributed by atoms with Gasteiger partial charge in [-0.05, 0) is 55.3 Å². The van der Waals surface area contributed by atoms with Crippen molar-refractivity contribution in [2.24, 2.45) is 0 Å². The van der Waals surface area contributed by atoms with Crippen molar-refractivity contribution < 1.29 is 14.4 Å². The van der Waals surface area contributed by atoms with Gasteiger partial charge in [0.1, 0.15) is 0 Å². The lowest BCUT2D eigenvalue weighted by Crippen LogP contribution is -2.37. The Morgan fingerprint density at radius 3 is 2.50 bits per heavy atom. The van der Waals surface area contributed by atoms with Gasteiger partial charge in [-0.1, -0.05) is 6.07 Å². The maximum Gasteiger partial charge on any atom is 0.255 e. The molecular weight excluding hydrogens is 398 g/mol. The highest BCUT2D eigenvalue weighted by atomic mass is 32.2. The molecule has 2 aromatic carbocycles. The number of benzene rings is 2. The molecule has 2 heterocycles. The lowest BCUT2D eigenvalue weighted by Gasteiger charge is -2.26. The van der Waals surface area contributed by atoms with E-state index in [-0.39, 0.29) is 17.7 Å². The molecular formula is C23H25N3O3S. The van der Waals surface area contributed by atoms with Gasteiger partial charge in [0, 0.05) is 60.1 Å². The first-order valence-electron chi connectivity index (χ1n) is 10.2. The molecule has 1 N–H and O–H groups in total. The van der Waals surface area contributed by atoms with Gasteiger partial charge in [-0.25, -0.2) is 0 Å². The Labute approximate surface area is 180 Å². The minimum Gasteiger partial charge on any atom is -0.337 e. The third kappa shape index (κ3) is 4.36. The molecule has 0 bridgehead atoms. The zero-order chi connectivity index (χ0) is 21.1. The van der Waals surface area contributed by atoms with Gasteiger partial charge in [0.2, 0.25) is 5.91 Å². The molecule has 4 rings (SSSR count). The van der Waals surface area contributed by atoms with E-state index in [0.29, 0.717) is 29.8 Å². The van der Waals surface area contributed by atoms with Crippen LogP contribution in [0.5, 0.6) is 0 Å². The standard InChI is InChI=1S/C23H25N3O3S/c1-16-14-18(23(29)25-10-12-30-13-11-25)7-8-20(16)24-22(28)17-4-2-5-19(15-17)26-9-3-6-21(26)27/h2,4-5,7-8,14-15H,3,6,9-13H2,1H3,(H,24,28). The smallest absolute Gasteiger partial charge is 0.255 e. The number of carbonyl (C=O) groups is 3. The fourth-order valence-electron chi connectivity index (χ4n) is 3.82. The second-order valence-corrected chi connectivity index (χ2v) is 8.81. The highest BCUT2D eigenvalue weighted by molar-refractivity contribution is 7.99. The van der Waals surface area contributed by atoms with Gasteiger partial charge in [-0.2, -0.15) is 11.8 Å². The van der Waals surface area contributed by atoms with Gasteiger partial charge in [0.15, 0.2) is 0 Å². The van der Waals surface area contributed by atoms with Crippen LogP contribution in [0.4, 0.5) is 11.4 Å². The van der Waals surface area contributed by atoms with Crippen LogP contribution in [0.15, 0.2) is 42.5 Å². The summed E-state index contributed by atoms with van der Waals surface area (Å²) in [6.07, 6.45) is 1.40. The van der Waals surface area contributed by atoms with Gasteiger partial charge in [0.05, 0.1) is 0 Å². The van der Waals surface area contributed by atoms with Crippen LogP contribution in [0.3, 0.4) is 0 Å². The van der Waals surface area contributed by atoms with Gasteiger partial charge in [0.25, 0.3) is 11.8 Å². The zero-order valence-corrected chi connectivity index (χ0v) is 17.8. The molecule has 0 aliphatic carbocycles. The molecule has 0 aromatic heterocycles. The second kappa shape index (κ2) is 8.92. The van der Waals surface area contributed by atoms with Crippen molar-refractivity contribution >= 4 is 40.9 Å². The molecule has 0 radical (unpaired) electrons. The van der Waals surface area contributed by atoms with Crippen molar-refractivity contribution in [3.63, 3.8) is 0 Å². The Kier molecular flexibility index (Phi) is 6.08. The van der Waals surface area contributed by atoms with Crippen LogP contribution in [0.25, 0.3) is 0 Å². The van der Waals surface area contributed by atoms with E-state index in [4.69, 9.17) is 0 Å². The van der Waals surface area contributed by atoms with Crippen molar-refractivity contribution in [2.75, 3.05) is 41.4 Å². The number of hydrogen-bond acceptors (Lipinski definition) is 4. The lowest BCUT2D eigenvalue weighted by molar-refractivity contribution is -0.117. The monoisotopic (exact) mass is 423 g/mol. The van der Waals surface area contributed by atoms with E-state index in [1.165, 1.54) is 0 Å². The third-order valence-corrected chi connectivity index (χ3v) is 6.46. The Bertz CT molecular complexity index is 985. The SMILES string of the molecule is Cc1cc(C(=O)N2CCSCC2)ccc1NC(=O)c1cccc(N2CCCC2=O)c1. The quantitative estimate of drug-likeness (QED) is 0.816. The highest BCUT2D eigenvalue weighted by Gasteiger charge is 2.23. The number of anilines is 2. The molecule has 6 nitrogen and oxygen atoms in total. The number of rotatable bonds is 4. The molecule has 2 aliphatic heterocycles. The van der Waals surface area contributed by atoms with Crippen molar-refractivity contribution in [1.29, 1.82) is 0 Å². The molecule has 0 atom stereocenters. The molecule has 0 unspecified atom stereocenters. The topological polar surface area (TPSA) is 69.7 Å². The number of aryl methyl sites for hydroxylation is 1. The van der Waals surface area contributed by atoms with Crippen LogP contribution in [0.1, 0.15) is 39.1 Å². The summed E-state index contributed by atoms with van der Waals surface area (Å²) in [5, 5.41) is 2.93.